The van der Waals surface area contributed by atoms with Gasteiger partial charge in [-0.25, -0.2) is 0 Å². The van der Waals surface area contributed by atoms with E-state index in [1.807, 2.05) is 12.1 Å². The first-order valence-electron chi connectivity index (χ1n) is 16.5. The van der Waals surface area contributed by atoms with Crippen LogP contribution in [0.4, 0.5) is 11.4 Å². The SMILES string of the molecule is CC1(C)C2=C(C=CC(N(c3ccc(-c4ccccc4)cc3)c3ccc(-c4cccc5c4oc4ccccc45)cc3)C2)c2ccccc21. The molecule has 0 amide bonds. The van der Waals surface area contributed by atoms with Gasteiger partial charge in [-0.1, -0.05) is 141 Å². The van der Waals surface area contributed by atoms with Crippen molar-refractivity contribution in [3.63, 3.8) is 0 Å². The summed E-state index contributed by atoms with van der Waals surface area (Å²) in [5, 5.41) is 2.31. The van der Waals surface area contributed by atoms with E-state index < -0.39 is 0 Å². The molecule has 2 nitrogen and oxygen atoms in total. The van der Waals surface area contributed by atoms with Gasteiger partial charge in [-0.15, -0.1) is 0 Å². The van der Waals surface area contributed by atoms with Gasteiger partial charge in [0.25, 0.3) is 0 Å². The van der Waals surface area contributed by atoms with Crippen LogP contribution in [-0.2, 0) is 5.41 Å². The molecule has 0 saturated heterocycles. The number of anilines is 2. The molecule has 0 radical (unpaired) electrons. The highest BCUT2D eigenvalue weighted by molar-refractivity contribution is 6.09. The molecule has 2 heteroatoms. The van der Waals surface area contributed by atoms with E-state index in [4.69, 9.17) is 4.42 Å². The van der Waals surface area contributed by atoms with Gasteiger partial charge in [0.05, 0.1) is 6.04 Å². The lowest BCUT2D eigenvalue weighted by Crippen LogP contribution is -2.33. The second kappa shape index (κ2) is 10.7. The van der Waals surface area contributed by atoms with E-state index in [1.165, 1.54) is 44.8 Å². The molecule has 0 fully saturated rings. The highest BCUT2D eigenvalue weighted by Crippen LogP contribution is 2.51. The summed E-state index contributed by atoms with van der Waals surface area (Å²) < 4.78 is 6.39. The number of allylic oxidation sites excluding steroid dienone is 2. The lowest BCUT2D eigenvalue weighted by molar-refractivity contribution is 0.585. The third kappa shape index (κ3) is 4.47. The van der Waals surface area contributed by atoms with E-state index in [1.54, 1.807) is 0 Å². The molecule has 2 aliphatic rings. The summed E-state index contributed by atoms with van der Waals surface area (Å²) in [5.74, 6) is 0. The van der Waals surface area contributed by atoms with Crippen molar-refractivity contribution in [1.82, 2.24) is 0 Å². The zero-order chi connectivity index (χ0) is 31.5. The fourth-order valence-electron chi connectivity index (χ4n) is 7.90. The Labute approximate surface area is 275 Å². The van der Waals surface area contributed by atoms with E-state index >= 15 is 0 Å². The summed E-state index contributed by atoms with van der Waals surface area (Å²) in [6.45, 7) is 4.77. The molecular weight excluding hydrogens is 571 g/mol. The summed E-state index contributed by atoms with van der Waals surface area (Å²) in [6, 6.07) is 52.5. The van der Waals surface area contributed by atoms with E-state index in [0.29, 0.717) is 0 Å². The minimum Gasteiger partial charge on any atom is -0.455 e. The highest BCUT2D eigenvalue weighted by atomic mass is 16.3. The average Bonchev–Trinajstić information content (AvgIpc) is 3.62. The fourth-order valence-corrected chi connectivity index (χ4v) is 7.90. The maximum atomic E-state index is 6.39. The maximum absolute atomic E-state index is 6.39. The molecule has 0 saturated carbocycles. The number of nitrogens with zero attached hydrogens (tertiary/aromatic N) is 1. The summed E-state index contributed by atoms with van der Waals surface area (Å²) in [4.78, 5) is 2.51. The zero-order valence-electron chi connectivity index (χ0n) is 26.7. The molecule has 9 rings (SSSR count). The summed E-state index contributed by atoms with van der Waals surface area (Å²) in [6.07, 6.45) is 5.75. The molecule has 226 valence electrons. The molecule has 0 spiro atoms. The van der Waals surface area contributed by atoms with Crippen LogP contribution in [0, 0.1) is 0 Å². The predicted octanol–water partition coefficient (Wildman–Crippen LogP) is 12.1. The van der Waals surface area contributed by atoms with Crippen molar-refractivity contribution < 1.29 is 4.42 Å². The number of fused-ring (bicyclic) bond motifs is 5. The second-order valence-electron chi connectivity index (χ2n) is 13.3. The smallest absolute Gasteiger partial charge is 0.143 e. The Bertz CT molecular complexity index is 2340. The predicted molar refractivity (Wildman–Crippen MR) is 197 cm³/mol. The zero-order valence-corrected chi connectivity index (χ0v) is 26.7. The number of furan rings is 1. The van der Waals surface area contributed by atoms with Crippen molar-refractivity contribution in [2.24, 2.45) is 0 Å². The Hall–Kier alpha value is -5.60. The van der Waals surface area contributed by atoms with Crippen molar-refractivity contribution in [2.45, 2.75) is 31.7 Å². The van der Waals surface area contributed by atoms with Crippen LogP contribution in [0.25, 0.3) is 49.8 Å². The van der Waals surface area contributed by atoms with Gasteiger partial charge in [0.2, 0.25) is 0 Å². The van der Waals surface area contributed by atoms with E-state index in [-0.39, 0.29) is 11.5 Å². The summed E-state index contributed by atoms with van der Waals surface area (Å²) >= 11 is 0. The Morgan fingerprint density at radius 1 is 0.574 bits per heavy atom. The Kier molecular flexibility index (Phi) is 6.33. The number of hydrogen-bond acceptors (Lipinski definition) is 2. The Balaban J connectivity index is 1.12. The van der Waals surface area contributed by atoms with Crippen LogP contribution in [0.15, 0.2) is 168 Å². The van der Waals surface area contributed by atoms with E-state index in [9.17, 15) is 0 Å². The van der Waals surface area contributed by atoms with Gasteiger partial charge < -0.3 is 9.32 Å². The fraction of sp³-hybridized carbons (Fsp3) is 0.111. The minimum atomic E-state index is -0.00705. The van der Waals surface area contributed by atoms with Gasteiger partial charge in [-0.2, -0.15) is 0 Å². The van der Waals surface area contributed by atoms with Gasteiger partial charge in [0.1, 0.15) is 11.2 Å². The standard InChI is InChI=1S/C45H35NO/c1-45(2)41-17-8-6-13-37(41)38-28-27-35(29-42(38)45)46(33-23-19-31(20-24-33)30-11-4-3-5-12-30)34-25-21-32(22-26-34)36-15-10-16-40-39-14-7-9-18-43(39)47-44(36)40/h3-28,35H,29H2,1-2H3. The van der Waals surface area contributed by atoms with E-state index in [2.05, 4.69) is 164 Å². The molecular formula is C45H35NO. The lowest BCUT2D eigenvalue weighted by atomic mass is 9.77. The molecule has 0 N–H and O–H groups in total. The second-order valence-corrected chi connectivity index (χ2v) is 13.3. The monoisotopic (exact) mass is 605 g/mol. The third-order valence-electron chi connectivity index (χ3n) is 10.3. The van der Waals surface area contributed by atoms with Crippen molar-refractivity contribution in [3.05, 3.63) is 174 Å². The van der Waals surface area contributed by atoms with Gasteiger partial charge >= 0.3 is 0 Å². The van der Waals surface area contributed by atoms with E-state index in [0.717, 1.165) is 39.5 Å². The first kappa shape index (κ1) is 27.7. The largest absolute Gasteiger partial charge is 0.455 e. The molecule has 1 atom stereocenters. The first-order chi connectivity index (χ1) is 23.1. The molecule has 1 aromatic heterocycles. The molecule has 2 aliphatic carbocycles. The van der Waals surface area contributed by atoms with Gasteiger partial charge in [-0.05, 0) is 75.7 Å². The average molecular weight is 606 g/mol. The summed E-state index contributed by atoms with van der Waals surface area (Å²) in [5.41, 5.74) is 14.6. The van der Waals surface area contributed by atoms with Crippen LogP contribution in [-0.4, -0.2) is 6.04 Å². The first-order valence-corrected chi connectivity index (χ1v) is 16.5. The normalized spacial score (nSPS) is 16.4. The van der Waals surface area contributed by atoms with Crippen LogP contribution >= 0.6 is 0 Å². The maximum Gasteiger partial charge on any atom is 0.143 e. The molecule has 0 aliphatic heterocycles. The number of para-hydroxylation sites is 2. The molecule has 1 heterocycles. The van der Waals surface area contributed by atoms with Crippen LogP contribution in [0.2, 0.25) is 0 Å². The quantitative estimate of drug-likeness (QED) is 0.194. The third-order valence-corrected chi connectivity index (χ3v) is 10.3. The van der Waals surface area contributed by atoms with Crippen LogP contribution in [0.3, 0.4) is 0 Å². The number of benzene rings is 6. The Morgan fingerprint density at radius 3 is 1.98 bits per heavy atom. The number of rotatable bonds is 5. The van der Waals surface area contributed by atoms with Crippen molar-refractivity contribution in [2.75, 3.05) is 4.90 Å². The van der Waals surface area contributed by atoms with Gasteiger partial charge in [0.15, 0.2) is 0 Å². The lowest BCUT2D eigenvalue weighted by Gasteiger charge is -2.37. The van der Waals surface area contributed by atoms with Crippen LogP contribution in [0.1, 0.15) is 31.4 Å². The van der Waals surface area contributed by atoms with Gasteiger partial charge in [-0.3, -0.25) is 0 Å². The van der Waals surface area contributed by atoms with Crippen LogP contribution < -0.4 is 4.90 Å². The molecule has 0 bridgehead atoms. The minimum absolute atomic E-state index is 0.00705. The van der Waals surface area contributed by atoms with Crippen molar-refractivity contribution in [3.8, 4) is 22.3 Å². The van der Waals surface area contributed by atoms with Crippen LogP contribution in [0.5, 0.6) is 0 Å². The summed E-state index contributed by atoms with van der Waals surface area (Å²) in [7, 11) is 0. The van der Waals surface area contributed by atoms with Crippen molar-refractivity contribution >= 4 is 38.9 Å². The number of hydrogen-bond donors (Lipinski definition) is 0. The molecule has 6 aromatic carbocycles. The molecule has 7 aromatic rings. The molecule has 1 unspecified atom stereocenters. The Morgan fingerprint density at radius 2 is 1.19 bits per heavy atom. The van der Waals surface area contributed by atoms with Crippen molar-refractivity contribution in [1.29, 1.82) is 0 Å². The van der Waals surface area contributed by atoms with Gasteiger partial charge in [0, 0.05) is 33.1 Å². The topological polar surface area (TPSA) is 16.4 Å². The highest BCUT2D eigenvalue weighted by Gasteiger charge is 2.40. The molecule has 47 heavy (non-hydrogen) atoms.